The fourth-order valence-electron chi connectivity index (χ4n) is 4.06. The number of para-hydroxylation sites is 1. The molecule has 0 bridgehead atoms. The van der Waals surface area contributed by atoms with E-state index in [1.807, 2.05) is 54.3 Å². The summed E-state index contributed by atoms with van der Waals surface area (Å²) in [6.45, 7) is 5.12. The number of nitro benzene ring substituents is 1. The fourth-order valence-corrected chi connectivity index (χ4v) is 4.06. The van der Waals surface area contributed by atoms with Crippen molar-refractivity contribution in [2.45, 2.75) is 13.5 Å². The molecule has 2 N–H and O–H groups in total. The summed E-state index contributed by atoms with van der Waals surface area (Å²) in [6.07, 6.45) is 1.63. The molecule has 0 unspecified atom stereocenters. The van der Waals surface area contributed by atoms with Gasteiger partial charge in [-0.2, -0.15) is 20.1 Å². The van der Waals surface area contributed by atoms with Crippen LogP contribution < -0.4 is 25.1 Å². The highest BCUT2D eigenvalue weighted by Gasteiger charge is 2.17. The first-order chi connectivity index (χ1) is 20.6. The molecule has 1 saturated heterocycles. The molecule has 13 nitrogen and oxygen atoms in total. The summed E-state index contributed by atoms with van der Waals surface area (Å²) in [4.78, 5) is 26.1. The van der Waals surface area contributed by atoms with Crippen molar-refractivity contribution >= 4 is 35.4 Å². The summed E-state index contributed by atoms with van der Waals surface area (Å²) < 4.78 is 17.2. The maximum atomic E-state index is 10.9. The van der Waals surface area contributed by atoms with E-state index in [-0.39, 0.29) is 18.2 Å². The summed E-state index contributed by atoms with van der Waals surface area (Å²) in [5.74, 6) is 2.30. The minimum absolute atomic E-state index is 0.0316. The number of ether oxygens (including phenoxy) is 3. The molecule has 0 saturated carbocycles. The van der Waals surface area contributed by atoms with E-state index in [9.17, 15) is 10.1 Å². The van der Waals surface area contributed by atoms with Crippen LogP contribution in [0, 0.1) is 10.1 Å². The second kappa shape index (κ2) is 13.9. The second-order valence-corrected chi connectivity index (χ2v) is 9.09. The maximum absolute atomic E-state index is 10.9. The molecule has 1 aliphatic heterocycles. The van der Waals surface area contributed by atoms with Gasteiger partial charge in [-0.05, 0) is 60.5 Å². The number of anilines is 4. The third-order valence-corrected chi connectivity index (χ3v) is 6.13. The Balaban J connectivity index is 1.28. The first-order valence-electron chi connectivity index (χ1n) is 13.4. The van der Waals surface area contributed by atoms with E-state index in [1.54, 1.807) is 24.4 Å². The average Bonchev–Trinajstić information content (AvgIpc) is 3.02. The van der Waals surface area contributed by atoms with Crippen LogP contribution in [0.25, 0.3) is 0 Å². The van der Waals surface area contributed by atoms with E-state index in [4.69, 9.17) is 14.2 Å². The van der Waals surface area contributed by atoms with Crippen LogP contribution in [0.4, 0.5) is 29.2 Å². The number of hydrogen-bond acceptors (Lipinski definition) is 12. The number of nitrogens with one attached hydrogen (secondary N) is 2. The van der Waals surface area contributed by atoms with Gasteiger partial charge in [-0.3, -0.25) is 10.1 Å². The average molecular weight is 571 g/mol. The lowest BCUT2D eigenvalue weighted by molar-refractivity contribution is -0.384. The third kappa shape index (κ3) is 7.67. The SMILES string of the molecule is CCOc1cc(/C=N/Nc2nc(Nc3ccccc3)nc(N3CCOCC3)n2)ccc1OCc1ccc([N+](=O)[O-])cc1. The van der Waals surface area contributed by atoms with Crippen LogP contribution in [0.5, 0.6) is 11.5 Å². The number of nitro groups is 1. The molecule has 1 aliphatic rings. The summed E-state index contributed by atoms with van der Waals surface area (Å²) >= 11 is 0. The van der Waals surface area contributed by atoms with E-state index in [2.05, 4.69) is 30.8 Å². The van der Waals surface area contributed by atoms with Gasteiger partial charge in [0.25, 0.3) is 5.69 Å². The first-order valence-corrected chi connectivity index (χ1v) is 13.4. The Morgan fingerprint density at radius 3 is 2.48 bits per heavy atom. The Bertz CT molecular complexity index is 1510. The molecule has 2 heterocycles. The van der Waals surface area contributed by atoms with Crippen molar-refractivity contribution in [3.05, 3.63) is 94.0 Å². The van der Waals surface area contributed by atoms with Crippen molar-refractivity contribution in [1.82, 2.24) is 15.0 Å². The van der Waals surface area contributed by atoms with Crippen LogP contribution in [0.3, 0.4) is 0 Å². The van der Waals surface area contributed by atoms with Crippen LogP contribution >= 0.6 is 0 Å². The summed E-state index contributed by atoms with van der Waals surface area (Å²) in [6, 6.07) is 21.3. The zero-order valence-corrected chi connectivity index (χ0v) is 23.0. The zero-order valence-electron chi connectivity index (χ0n) is 23.0. The van der Waals surface area contributed by atoms with Gasteiger partial charge in [-0.1, -0.05) is 18.2 Å². The normalized spacial score (nSPS) is 13.1. The van der Waals surface area contributed by atoms with E-state index in [0.29, 0.717) is 56.3 Å². The maximum Gasteiger partial charge on any atom is 0.269 e. The van der Waals surface area contributed by atoms with Crippen LogP contribution in [0.15, 0.2) is 77.9 Å². The monoisotopic (exact) mass is 570 g/mol. The largest absolute Gasteiger partial charge is 0.490 e. The van der Waals surface area contributed by atoms with Crippen molar-refractivity contribution in [2.75, 3.05) is 48.6 Å². The van der Waals surface area contributed by atoms with Gasteiger partial charge in [0.1, 0.15) is 6.61 Å². The molecule has 5 rings (SSSR count). The molecule has 13 heteroatoms. The number of morpholine rings is 1. The predicted molar refractivity (Wildman–Crippen MR) is 159 cm³/mol. The first kappa shape index (κ1) is 28.2. The summed E-state index contributed by atoms with van der Waals surface area (Å²) in [5, 5.41) is 18.4. The Morgan fingerprint density at radius 2 is 1.74 bits per heavy atom. The van der Waals surface area contributed by atoms with Crippen molar-refractivity contribution < 1.29 is 19.1 Å². The molecule has 1 fully saturated rings. The minimum atomic E-state index is -0.433. The molecule has 1 aromatic heterocycles. The van der Waals surface area contributed by atoms with Gasteiger partial charge >= 0.3 is 0 Å². The Morgan fingerprint density at radius 1 is 0.976 bits per heavy atom. The number of hydrogen-bond donors (Lipinski definition) is 2. The number of hydrazone groups is 1. The Hall–Kier alpha value is -5.30. The molecule has 3 aromatic carbocycles. The number of non-ortho nitro benzene ring substituents is 1. The van der Waals surface area contributed by atoms with Gasteiger partial charge in [0.15, 0.2) is 11.5 Å². The highest BCUT2D eigenvalue weighted by Crippen LogP contribution is 2.29. The van der Waals surface area contributed by atoms with E-state index >= 15 is 0 Å². The van der Waals surface area contributed by atoms with E-state index in [1.165, 1.54) is 12.1 Å². The molecular formula is C29H30N8O5. The third-order valence-electron chi connectivity index (χ3n) is 6.13. The second-order valence-electron chi connectivity index (χ2n) is 9.09. The van der Waals surface area contributed by atoms with E-state index < -0.39 is 4.92 Å². The van der Waals surface area contributed by atoms with Crippen molar-refractivity contribution in [3.8, 4) is 11.5 Å². The van der Waals surface area contributed by atoms with Gasteiger partial charge in [0, 0.05) is 30.9 Å². The Kier molecular flexibility index (Phi) is 9.31. The van der Waals surface area contributed by atoms with Crippen LogP contribution in [-0.2, 0) is 11.3 Å². The minimum Gasteiger partial charge on any atom is -0.490 e. The molecule has 0 aliphatic carbocycles. The molecular weight excluding hydrogens is 540 g/mol. The lowest BCUT2D eigenvalue weighted by Crippen LogP contribution is -2.37. The lowest BCUT2D eigenvalue weighted by atomic mass is 10.2. The van der Waals surface area contributed by atoms with Crippen LogP contribution in [0.2, 0.25) is 0 Å². The highest BCUT2D eigenvalue weighted by molar-refractivity contribution is 5.81. The lowest BCUT2D eigenvalue weighted by Gasteiger charge is -2.27. The molecule has 42 heavy (non-hydrogen) atoms. The highest BCUT2D eigenvalue weighted by atomic mass is 16.6. The standard InChI is InChI=1S/C29H30N8O5/c1-2-41-26-18-22(10-13-25(26)42-20-21-8-11-24(12-9-21)37(38)39)19-30-35-28-32-27(31-23-6-4-3-5-7-23)33-29(34-28)36-14-16-40-17-15-36/h3-13,18-19H,2,14-17,20H2,1H3,(H2,31,32,33,34,35)/b30-19+. The predicted octanol–water partition coefficient (Wildman–Crippen LogP) is 4.78. The van der Waals surface area contributed by atoms with Gasteiger partial charge in [-0.25, -0.2) is 5.43 Å². The van der Waals surface area contributed by atoms with Crippen molar-refractivity contribution in [1.29, 1.82) is 0 Å². The van der Waals surface area contributed by atoms with Gasteiger partial charge in [0.2, 0.25) is 17.8 Å². The number of nitrogens with zero attached hydrogens (tertiary/aromatic N) is 6. The number of benzene rings is 3. The topological polar surface area (TPSA) is 149 Å². The number of rotatable bonds is 12. The van der Waals surface area contributed by atoms with Crippen LogP contribution in [0.1, 0.15) is 18.1 Å². The molecule has 4 aromatic rings. The van der Waals surface area contributed by atoms with Gasteiger partial charge in [0.05, 0.1) is 31.0 Å². The fraction of sp³-hybridized carbons (Fsp3) is 0.241. The Labute approximate surface area is 242 Å². The smallest absolute Gasteiger partial charge is 0.269 e. The van der Waals surface area contributed by atoms with Crippen molar-refractivity contribution in [2.24, 2.45) is 5.10 Å². The molecule has 0 spiro atoms. The van der Waals surface area contributed by atoms with Crippen LogP contribution in [-0.4, -0.2) is 59.0 Å². The van der Waals surface area contributed by atoms with Crippen molar-refractivity contribution in [3.63, 3.8) is 0 Å². The van der Waals surface area contributed by atoms with Gasteiger partial charge in [-0.15, -0.1) is 0 Å². The number of aromatic nitrogens is 3. The van der Waals surface area contributed by atoms with E-state index in [0.717, 1.165) is 16.8 Å². The molecule has 0 amide bonds. The summed E-state index contributed by atoms with van der Waals surface area (Å²) in [5.41, 5.74) is 5.36. The summed E-state index contributed by atoms with van der Waals surface area (Å²) in [7, 11) is 0. The molecule has 0 atom stereocenters. The quantitative estimate of drug-likeness (QED) is 0.138. The molecule has 0 radical (unpaired) electrons. The zero-order chi connectivity index (χ0) is 29.1. The molecule has 216 valence electrons. The van der Waals surface area contributed by atoms with Gasteiger partial charge < -0.3 is 24.4 Å².